The summed E-state index contributed by atoms with van der Waals surface area (Å²) in [6.07, 6.45) is 0.611. The van der Waals surface area contributed by atoms with E-state index in [1.807, 2.05) is 62.4 Å². The van der Waals surface area contributed by atoms with Crippen LogP contribution < -0.4 is 11.1 Å². The molecule has 27 heavy (non-hydrogen) atoms. The maximum atomic E-state index is 12.2. The van der Waals surface area contributed by atoms with Gasteiger partial charge in [0.15, 0.2) is 0 Å². The normalized spacial score (nSPS) is 12.0. The monoisotopic (exact) mass is 382 g/mol. The lowest BCUT2D eigenvalue weighted by Crippen LogP contribution is -2.14. The molecule has 3 aromatic rings. The predicted molar refractivity (Wildman–Crippen MR) is 107 cm³/mol. The molecule has 7 heteroatoms. The van der Waals surface area contributed by atoms with Crippen molar-refractivity contribution in [2.75, 3.05) is 11.1 Å². The highest BCUT2D eigenvalue weighted by Gasteiger charge is 2.16. The first kappa shape index (κ1) is 19.1. The summed E-state index contributed by atoms with van der Waals surface area (Å²) >= 11 is 1.19. The Hall–Kier alpha value is -2.64. The number of hydrogen-bond acceptors (Lipinski definition) is 6. The Labute approximate surface area is 162 Å². The summed E-state index contributed by atoms with van der Waals surface area (Å²) < 4.78 is 5.59. The number of nitrogens with one attached hydrogen (secondary N) is 1. The molecule has 0 saturated heterocycles. The number of thioether (sulfide) groups is 1. The number of benzene rings is 2. The van der Waals surface area contributed by atoms with Gasteiger partial charge in [0.1, 0.15) is 0 Å². The van der Waals surface area contributed by atoms with Gasteiger partial charge in [-0.1, -0.05) is 59.8 Å². The SMILES string of the molecule is Cc1ccc(NC(=O)CSc2nnc([C@@H](N)Cc3ccccc3)o2)c(C)c1. The van der Waals surface area contributed by atoms with Gasteiger partial charge in [-0.3, -0.25) is 4.79 Å². The molecule has 0 fully saturated rings. The molecule has 0 bridgehead atoms. The van der Waals surface area contributed by atoms with Crippen molar-refractivity contribution in [2.45, 2.75) is 31.5 Å². The summed E-state index contributed by atoms with van der Waals surface area (Å²) in [6, 6.07) is 15.4. The fourth-order valence-electron chi connectivity index (χ4n) is 2.65. The zero-order valence-corrected chi connectivity index (χ0v) is 16.1. The molecule has 2 aromatic carbocycles. The van der Waals surface area contributed by atoms with Gasteiger partial charge in [-0.25, -0.2) is 0 Å². The minimum atomic E-state index is -0.377. The highest BCUT2D eigenvalue weighted by molar-refractivity contribution is 7.99. The Kier molecular flexibility index (Phi) is 6.26. The highest BCUT2D eigenvalue weighted by atomic mass is 32.2. The van der Waals surface area contributed by atoms with Crippen molar-refractivity contribution >= 4 is 23.4 Å². The van der Waals surface area contributed by atoms with Gasteiger partial charge in [0.2, 0.25) is 11.8 Å². The Morgan fingerprint density at radius 2 is 1.96 bits per heavy atom. The smallest absolute Gasteiger partial charge is 0.277 e. The van der Waals surface area contributed by atoms with E-state index >= 15 is 0 Å². The lowest BCUT2D eigenvalue weighted by Gasteiger charge is -2.08. The standard InChI is InChI=1S/C20H22N4O2S/c1-13-8-9-17(14(2)10-13)22-18(25)12-27-20-24-23-19(26-20)16(21)11-15-6-4-3-5-7-15/h3-10,16H,11-12,21H2,1-2H3,(H,22,25)/t16-/m0/s1. The number of carbonyl (C=O) groups is 1. The van der Waals surface area contributed by atoms with Crippen LogP contribution >= 0.6 is 11.8 Å². The van der Waals surface area contributed by atoms with Gasteiger partial charge in [-0.15, -0.1) is 10.2 Å². The molecule has 0 saturated carbocycles. The van der Waals surface area contributed by atoms with Crippen LogP contribution in [0.5, 0.6) is 0 Å². The average molecular weight is 382 g/mol. The molecule has 6 nitrogen and oxygen atoms in total. The minimum absolute atomic E-state index is 0.125. The topological polar surface area (TPSA) is 94.0 Å². The first-order chi connectivity index (χ1) is 13.0. The average Bonchev–Trinajstić information content (AvgIpc) is 3.12. The second kappa shape index (κ2) is 8.83. The molecule has 0 radical (unpaired) electrons. The van der Waals surface area contributed by atoms with E-state index < -0.39 is 0 Å². The van der Waals surface area contributed by atoms with Gasteiger partial charge >= 0.3 is 0 Å². The molecule has 0 spiro atoms. The third kappa shape index (κ3) is 5.42. The predicted octanol–water partition coefficient (Wildman–Crippen LogP) is 3.66. The second-order valence-electron chi connectivity index (χ2n) is 6.36. The molecule has 140 valence electrons. The number of aromatic nitrogens is 2. The van der Waals surface area contributed by atoms with Gasteiger partial charge in [-0.05, 0) is 37.5 Å². The van der Waals surface area contributed by atoms with Crippen LogP contribution in [-0.4, -0.2) is 21.9 Å². The lowest BCUT2D eigenvalue weighted by atomic mass is 10.1. The zero-order chi connectivity index (χ0) is 19.2. The number of aryl methyl sites for hydroxylation is 2. The zero-order valence-electron chi connectivity index (χ0n) is 15.3. The molecule has 3 N–H and O–H groups in total. The van der Waals surface area contributed by atoms with E-state index in [0.717, 1.165) is 22.4 Å². The van der Waals surface area contributed by atoms with Crippen molar-refractivity contribution in [2.24, 2.45) is 5.73 Å². The summed E-state index contributed by atoms with van der Waals surface area (Å²) in [5.74, 6) is 0.430. The Balaban J connectivity index is 1.52. The summed E-state index contributed by atoms with van der Waals surface area (Å²) in [5.41, 5.74) is 10.2. The molecule has 0 aliphatic carbocycles. The van der Waals surface area contributed by atoms with E-state index in [-0.39, 0.29) is 17.7 Å². The number of nitrogens with zero attached hydrogens (tertiary/aromatic N) is 2. The van der Waals surface area contributed by atoms with E-state index in [4.69, 9.17) is 10.2 Å². The quantitative estimate of drug-likeness (QED) is 0.606. The molecule has 1 heterocycles. The van der Waals surface area contributed by atoms with Crippen molar-refractivity contribution in [1.29, 1.82) is 0 Å². The van der Waals surface area contributed by atoms with Crippen LogP contribution in [0, 0.1) is 13.8 Å². The van der Waals surface area contributed by atoms with E-state index in [1.165, 1.54) is 11.8 Å². The van der Waals surface area contributed by atoms with Crippen molar-refractivity contribution in [1.82, 2.24) is 10.2 Å². The molecule has 0 aliphatic rings. The first-order valence-corrected chi connectivity index (χ1v) is 9.62. The molecule has 3 rings (SSSR count). The number of anilines is 1. The number of rotatable bonds is 7. The Morgan fingerprint density at radius 3 is 2.70 bits per heavy atom. The van der Waals surface area contributed by atoms with E-state index in [0.29, 0.717) is 17.5 Å². The van der Waals surface area contributed by atoms with E-state index in [1.54, 1.807) is 0 Å². The van der Waals surface area contributed by atoms with Gasteiger partial charge < -0.3 is 15.5 Å². The van der Waals surface area contributed by atoms with Crippen LogP contribution in [0.1, 0.15) is 28.6 Å². The summed E-state index contributed by atoms with van der Waals surface area (Å²) in [7, 11) is 0. The molecule has 0 unspecified atom stereocenters. The molecular weight excluding hydrogens is 360 g/mol. The maximum Gasteiger partial charge on any atom is 0.277 e. The van der Waals surface area contributed by atoms with Crippen LogP contribution in [0.4, 0.5) is 5.69 Å². The Bertz CT molecular complexity index is 911. The Morgan fingerprint density at radius 1 is 1.19 bits per heavy atom. The van der Waals surface area contributed by atoms with Crippen molar-refractivity contribution in [3.63, 3.8) is 0 Å². The van der Waals surface area contributed by atoms with E-state index in [9.17, 15) is 4.79 Å². The number of carbonyl (C=O) groups excluding carboxylic acids is 1. The fourth-order valence-corrected chi connectivity index (χ4v) is 3.22. The van der Waals surface area contributed by atoms with E-state index in [2.05, 4.69) is 15.5 Å². The molecular formula is C20H22N4O2S. The van der Waals surface area contributed by atoms with Crippen LogP contribution in [0.3, 0.4) is 0 Å². The minimum Gasteiger partial charge on any atom is -0.414 e. The van der Waals surface area contributed by atoms with Crippen LogP contribution in [0.25, 0.3) is 0 Å². The molecule has 1 atom stereocenters. The number of amides is 1. The number of hydrogen-bond donors (Lipinski definition) is 2. The van der Waals surface area contributed by atoms with Gasteiger partial charge in [0.05, 0.1) is 11.8 Å². The van der Waals surface area contributed by atoms with Crippen LogP contribution in [0.2, 0.25) is 0 Å². The maximum absolute atomic E-state index is 12.2. The fraction of sp³-hybridized carbons (Fsp3) is 0.250. The van der Waals surface area contributed by atoms with Gasteiger partial charge in [0.25, 0.3) is 5.22 Å². The summed E-state index contributed by atoms with van der Waals surface area (Å²) in [4.78, 5) is 12.2. The first-order valence-electron chi connectivity index (χ1n) is 8.64. The van der Waals surface area contributed by atoms with Crippen molar-refractivity contribution in [3.8, 4) is 0 Å². The summed E-state index contributed by atoms with van der Waals surface area (Å²) in [6.45, 7) is 3.98. The number of nitrogens with two attached hydrogens (primary N) is 1. The lowest BCUT2D eigenvalue weighted by molar-refractivity contribution is -0.113. The largest absolute Gasteiger partial charge is 0.414 e. The summed E-state index contributed by atoms with van der Waals surface area (Å²) in [5, 5.41) is 11.2. The van der Waals surface area contributed by atoms with Crippen LogP contribution in [0.15, 0.2) is 58.2 Å². The molecule has 1 aromatic heterocycles. The molecule has 0 aliphatic heterocycles. The second-order valence-corrected chi connectivity index (χ2v) is 7.28. The van der Waals surface area contributed by atoms with Crippen molar-refractivity contribution < 1.29 is 9.21 Å². The van der Waals surface area contributed by atoms with Crippen LogP contribution in [-0.2, 0) is 11.2 Å². The van der Waals surface area contributed by atoms with Crippen molar-refractivity contribution in [3.05, 3.63) is 71.1 Å². The van der Waals surface area contributed by atoms with Gasteiger partial charge in [-0.2, -0.15) is 0 Å². The molecule has 1 amide bonds. The third-order valence-corrected chi connectivity index (χ3v) is 4.84. The third-order valence-electron chi connectivity index (χ3n) is 4.02. The highest BCUT2D eigenvalue weighted by Crippen LogP contribution is 2.22. The van der Waals surface area contributed by atoms with Gasteiger partial charge in [0, 0.05) is 5.69 Å².